The summed E-state index contributed by atoms with van der Waals surface area (Å²) in [5.41, 5.74) is 3.23. The number of aryl methyl sites for hydroxylation is 1. The van der Waals surface area contributed by atoms with Gasteiger partial charge in [-0.3, -0.25) is 0 Å². The van der Waals surface area contributed by atoms with Gasteiger partial charge in [0.1, 0.15) is 28.4 Å². The van der Waals surface area contributed by atoms with Crippen molar-refractivity contribution in [1.82, 2.24) is 25.6 Å². The molecule has 1 atom stereocenters. The van der Waals surface area contributed by atoms with Crippen LogP contribution < -0.4 is 10.2 Å². The molecule has 1 saturated heterocycles. The molecule has 8 heteroatoms. The molecule has 0 bridgehead atoms. The summed E-state index contributed by atoms with van der Waals surface area (Å²) >= 11 is 1.79. The van der Waals surface area contributed by atoms with Crippen LogP contribution in [0.1, 0.15) is 40.7 Å². The monoisotopic (exact) mass is 342 g/mol. The van der Waals surface area contributed by atoms with E-state index in [2.05, 4.69) is 30.5 Å². The molecule has 124 valence electrons. The Hall–Kier alpha value is -2.06. The van der Waals surface area contributed by atoms with E-state index in [0.717, 1.165) is 60.9 Å². The van der Waals surface area contributed by atoms with Crippen molar-refractivity contribution < 1.29 is 4.63 Å². The zero-order chi connectivity index (χ0) is 16.1. The van der Waals surface area contributed by atoms with Gasteiger partial charge >= 0.3 is 0 Å². The topological polar surface area (TPSA) is 80.0 Å². The van der Waals surface area contributed by atoms with E-state index in [1.165, 1.54) is 15.8 Å². The van der Waals surface area contributed by atoms with Gasteiger partial charge in [0.2, 0.25) is 0 Å². The molecule has 3 aromatic rings. The molecular formula is C16H18N6OS. The first kappa shape index (κ1) is 14.3. The van der Waals surface area contributed by atoms with Gasteiger partial charge in [-0.25, -0.2) is 14.6 Å². The van der Waals surface area contributed by atoms with Crippen LogP contribution in [0.5, 0.6) is 0 Å². The fourth-order valence-electron chi connectivity index (χ4n) is 3.91. The number of thiophene rings is 1. The normalized spacial score (nSPS) is 20.7. The van der Waals surface area contributed by atoms with E-state index in [0.29, 0.717) is 0 Å². The van der Waals surface area contributed by atoms with Crippen molar-refractivity contribution in [3.63, 3.8) is 0 Å². The molecule has 0 unspecified atom stereocenters. The van der Waals surface area contributed by atoms with Gasteiger partial charge in [0, 0.05) is 18.0 Å². The maximum atomic E-state index is 4.94. The van der Waals surface area contributed by atoms with Crippen molar-refractivity contribution in [3.8, 4) is 0 Å². The Morgan fingerprint density at radius 3 is 3.17 bits per heavy atom. The van der Waals surface area contributed by atoms with Crippen LogP contribution in [-0.2, 0) is 13.0 Å². The summed E-state index contributed by atoms with van der Waals surface area (Å²) in [6.07, 6.45) is 4.90. The highest BCUT2D eigenvalue weighted by molar-refractivity contribution is 7.19. The third-order valence-corrected chi connectivity index (χ3v) is 6.16. The number of nitrogens with one attached hydrogen (secondary N) is 1. The largest absolute Gasteiger partial charge is 0.347 e. The average Bonchev–Trinajstić information content (AvgIpc) is 3.31. The predicted molar refractivity (Wildman–Crippen MR) is 91.2 cm³/mol. The number of fused-ring (bicyclic) bond motifs is 3. The highest BCUT2D eigenvalue weighted by Gasteiger charge is 2.33. The van der Waals surface area contributed by atoms with E-state index in [-0.39, 0.29) is 6.04 Å². The van der Waals surface area contributed by atoms with E-state index in [1.807, 2.05) is 6.92 Å². The van der Waals surface area contributed by atoms with Gasteiger partial charge in [-0.1, -0.05) is 10.3 Å². The molecule has 5 rings (SSSR count). The summed E-state index contributed by atoms with van der Waals surface area (Å²) in [5, 5.41) is 12.8. The molecule has 24 heavy (non-hydrogen) atoms. The summed E-state index contributed by atoms with van der Waals surface area (Å²) in [6, 6.07) is 0.187. The number of hydrogen-bond donors (Lipinski definition) is 1. The Bertz CT molecular complexity index is 903. The first-order chi connectivity index (χ1) is 11.8. The van der Waals surface area contributed by atoms with Crippen molar-refractivity contribution in [2.75, 3.05) is 18.0 Å². The second-order valence-electron chi connectivity index (χ2n) is 6.39. The summed E-state index contributed by atoms with van der Waals surface area (Å²) < 4.78 is 4.94. The molecular weight excluding hydrogens is 324 g/mol. The third kappa shape index (κ3) is 2.06. The van der Waals surface area contributed by atoms with Crippen LogP contribution in [0.25, 0.3) is 10.2 Å². The maximum absolute atomic E-state index is 4.94. The van der Waals surface area contributed by atoms with Crippen LogP contribution in [0, 0.1) is 6.92 Å². The fourth-order valence-corrected chi connectivity index (χ4v) is 5.06. The smallest absolute Gasteiger partial charge is 0.141 e. The van der Waals surface area contributed by atoms with Gasteiger partial charge in [0.05, 0.1) is 11.4 Å². The second kappa shape index (κ2) is 5.49. The lowest BCUT2D eigenvalue weighted by Gasteiger charge is -2.25. The molecule has 2 aliphatic heterocycles. The molecule has 1 fully saturated rings. The minimum absolute atomic E-state index is 0.187. The van der Waals surface area contributed by atoms with E-state index in [1.54, 1.807) is 17.7 Å². The summed E-state index contributed by atoms with van der Waals surface area (Å²) in [7, 11) is 0. The van der Waals surface area contributed by atoms with E-state index in [9.17, 15) is 0 Å². The quantitative estimate of drug-likeness (QED) is 0.766. The molecule has 0 spiro atoms. The van der Waals surface area contributed by atoms with Gasteiger partial charge in [0.25, 0.3) is 0 Å². The van der Waals surface area contributed by atoms with Crippen molar-refractivity contribution in [2.24, 2.45) is 0 Å². The number of nitrogens with zero attached hydrogens (tertiary/aromatic N) is 5. The molecule has 5 heterocycles. The van der Waals surface area contributed by atoms with Crippen LogP contribution >= 0.6 is 11.3 Å². The zero-order valence-corrected chi connectivity index (χ0v) is 14.3. The van der Waals surface area contributed by atoms with E-state index < -0.39 is 0 Å². The van der Waals surface area contributed by atoms with Crippen molar-refractivity contribution in [2.45, 2.75) is 38.8 Å². The molecule has 7 nitrogen and oxygen atoms in total. The van der Waals surface area contributed by atoms with Gasteiger partial charge in [0.15, 0.2) is 0 Å². The lowest BCUT2D eigenvalue weighted by atomic mass is 10.1. The van der Waals surface area contributed by atoms with Crippen LogP contribution in [0.3, 0.4) is 0 Å². The Kier molecular flexibility index (Phi) is 3.27. The van der Waals surface area contributed by atoms with Crippen molar-refractivity contribution in [1.29, 1.82) is 0 Å². The molecule has 0 aliphatic carbocycles. The van der Waals surface area contributed by atoms with E-state index in [4.69, 9.17) is 4.63 Å². The summed E-state index contributed by atoms with van der Waals surface area (Å²) in [6.45, 7) is 4.89. The Morgan fingerprint density at radius 1 is 1.33 bits per heavy atom. The SMILES string of the molecule is Cc1nonc1[C@@H]1CCCN1c1ncnc2sc3c(c12)CCNC3. The highest BCUT2D eigenvalue weighted by Crippen LogP contribution is 2.42. The van der Waals surface area contributed by atoms with Crippen molar-refractivity contribution >= 4 is 27.4 Å². The fraction of sp³-hybridized carbons (Fsp3) is 0.500. The number of aromatic nitrogens is 4. The Morgan fingerprint density at radius 2 is 2.29 bits per heavy atom. The Balaban J connectivity index is 1.66. The highest BCUT2D eigenvalue weighted by atomic mass is 32.1. The van der Waals surface area contributed by atoms with Gasteiger partial charge in [-0.05, 0) is 38.3 Å². The maximum Gasteiger partial charge on any atom is 0.141 e. The Labute approximate surface area is 143 Å². The summed E-state index contributed by atoms with van der Waals surface area (Å²) in [4.78, 5) is 14.1. The van der Waals surface area contributed by atoms with Crippen LogP contribution in [0.2, 0.25) is 0 Å². The third-order valence-electron chi connectivity index (χ3n) is 5.02. The molecule has 3 aromatic heterocycles. The van der Waals surface area contributed by atoms with Gasteiger partial charge in [-0.15, -0.1) is 11.3 Å². The lowest BCUT2D eigenvalue weighted by Crippen LogP contribution is -2.26. The first-order valence-electron chi connectivity index (χ1n) is 8.34. The molecule has 0 aromatic carbocycles. The minimum atomic E-state index is 0.187. The predicted octanol–water partition coefficient (Wildman–Crippen LogP) is 2.37. The molecule has 0 amide bonds. The number of anilines is 1. The van der Waals surface area contributed by atoms with Crippen LogP contribution in [-0.4, -0.2) is 33.4 Å². The minimum Gasteiger partial charge on any atom is -0.347 e. The van der Waals surface area contributed by atoms with Crippen molar-refractivity contribution in [3.05, 3.63) is 28.2 Å². The van der Waals surface area contributed by atoms with E-state index >= 15 is 0 Å². The average molecular weight is 342 g/mol. The molecule has 0 radical (unpaired) electrons. The molecule has 0 saturated carbocycles. The number of hydrogen-bond acceptors (Lipinski definition) is 8. The number of rotatable bonds is 2. The second-order valence-corrected chi connectivity index (χ2v) is 7.48. The molecule has 2 aliphatic rings. The lowest BCUT2D eigenvalue weighted by molar-refractivity contribution is 0.299. The van der Waals surface area contributed by atoms with Crippen LogP contribution in [0.4, 0.5) is 5.82 Å². The zero-order valence-electron chi connectivity index (χ0n) is 13.4. The van der Waals surface area contributed by atoms with Crippen LogP contribution in [0.15, 0.2) is 11.0 Å². The van der Waals surface area contributed by atoms with Gasteiger partial charge in [-0.2, -0.15) is 0 Å². The molecule has 1 N–H and O–H groups in total. The first-order valence-corrected chi connectivity index (χ1v) is 9.16. The standard InChI is InChI=1S/C16H18N6OS/c1-9-14(21-23-20-9)11-3-2-6-22(11)15-13-10-4-5-17-7-12(10)24-16(13)19-8-18-15/h8,11,17H,2-7H2,1H3/t11-/m0/s1. The van der Waals surface area contributed by atoms with Gasteiger partial charge < -0.3 is 10.2 Å². The summed E-state index contributed by atoms with van der Waals surface area (Å²) in [5.74, 6) is 1.05.